The number of ether oxygens (including phenoxy) is 2. The Morgan fingerprint density at radius 3 is 2.21 bits per heavy atom. The first-order valence-corrected chi connectivity index (χ1v) is 23.2. The van der Waals surface area contributed by atoms with Crippen LogP contribution in [0.4, 0.5) is 0 Å². The topological polar surface area (TPSA) is 148 Å². The van der Waals surface area contributed by atoms with Crippen molar-refractivity contribution in [3.05, 3.63) is 72.9 Å². The summed E-state index contributed by atoms with van der Waals surface area (Å²) < 4.78 is 33.8. The number of unbranched alkanes of at least 4 members (excludes halogenated alkanes) is 8. The van der Waals surface area contributed by atoms with E-state index >= 15 is 0 Å². The van der Waals surface area contributed by atoms with E-state index in [0.29, 0.717) is 43.1 Å². The Kier molecular flexibility index (Phi) is 30.1. The first-order chi connectivity index (χ1) is 27.8. The van der Waals surface area contributed by atoms with Crippen LogP contribution < -0.4 is 4.89 Å². The van der Waals surface area contributed by atoms with Gasteiger partial charge in [-0.1, -0.05) is 119 Å². The van der Waals surface area contributed by atoms with Crippen molar-refractivity contribution in [3.8, 4) is 0 Å². The molecule has 0 aromatic carbocycles. The van der Waals surface area contributed by atoms with Crippen LogP contribution in [0.5, 0.6) is 0 Å². The van der Waals surface area contributed by atoms with Gasteiger partial charge in [0.2, 0.25) is 0 Å². The Balaban J connectivity index is 2.50. The maximum atomic E-state index is 12.8. The van der Waals surface area contributed by atoms with Gasteiger partial charge in [-0.3, -0.25) is 18.9 Å². The fourth-order valence-corrected chi connectivity index (χ4v) is 6.68. The number of carbonyl (C=O) groups excluding carboxylic acids is 3. The molecule has 1 aliphatic rings. The van der Waals surface area contributed by atoms with Crippen LogP contribution in [-0.2, 0) is 37.5 Å². The first kappa shape index (κ1) is 53.1. The molecule has 0 fully saturated rings. The number of likely N-dealkylation sites (N-methyl/N-ethyl adjacent to an activating group) is 1. The number of nitrogens with zero attached hydrogens (tertiary/aromatic N) is 1. The number of aliphatic hydroxyl groups excluding tert-OH is 1. The number of esters is 2. The van der Waals surface area contributed by atoms with Crippen molar-refractivity contribution in [2.45, 2.75) is 142 Å². The second kappa shape index (κ2) is 32.9. The monoisotopic (exact) mass is 834 g/mol. The second-order valence-corrected chi connectivity index (χ2v) is 17.4. The van der Waals surface area contributed by atoms with E-state index in [9.17, 15) is 28.9 Å². The number of aliphatic hydroxyl groups is 1. The predicted octanol–water partition coefficient (Wildman–Crippen LogP) is 9.22. The predicted molar refractivity (Wildman–Crippen MR) is 231 cm³/mol. The smallest absolute Gasteiger partial charge is 0.306 e. The molecule has 0 saturated carbocycles. The summed E-state index contributed by atoms with van der Waals surface area (Å²) in [6.45, 7) is 3.73. The van der Waals surface area contributed by atoms with E-state index in [-0.39, 0.29) is 43.7 Å². The molecule has 0 spiro atoms. The van der Waals surface area contributed by atoms with E-state index in [0.717, 1.165) is 70.6 Å². The van der Waals surface area contributed by atoms with Crippen molar-refractivity contribution in [1.29, 1.82) is 0 Å². The summed E-state index contributed by atoms with van der Waals surface area (Å²) >= 11 is 0. The summed E-state index contributed by atoms with van der Waals surface area (Å²) in [5, 5.41) is 10.2. The van der Waals surface area contributed by atoms with Gasteiger partial charge >= 0.3 is 11.9 Å². The summed E-state index contributed by atoms with van der Waals surface area (Å²) in [6.07, 6.45) is 37.0. The van der Waals surface area contributed by atoms with Crippen LogP contribution in [0.1, 0.15) is 129 Å². The normalized spacial score (nSPS) is 18.4. The number of hydrogen-bond acceptors (Lipinski definition) is 10. The third-order valence-corrected chi connectivity index (χ3v) is 10.4. The molecule has 0 radical (unpaired) electrons. The lowest BCUT2D eigenvalue weighted by Gasteiger charge is -2.28. The SMILES string of the molecule is CC/C=C\C/C=C\C/C=C\CCCCCCCC(=O)OC[C@H](COP(=O)([O-])OCC[N+](C)(C)C)OC(=O)CCC/C=C\C[C@H]1C=CC(=O)[C@@H]1/C=C/[C@@H](O)CCCCC. The molecule has 58 heavy (non-hydrogen) atoms. The summed E-state index contributed by atoms with van der Waals surface area (Å²) in [5.41, 5.74) is 0. The number of phosphoric ester groups is 1. The van der Waals surface area contributed by atoms with Crippen LogP contribution in [0.15, 0.2) is 72.9 Å². The summed E-state index contributed by atoms with van der Waals surface area (Å²) in [5.74, 6) is -1.26. The van der Waals surface area contributed by atoms with Crippen LogP contribution in [0.2, 0.25) is 0 Å². The van der Waals surface area contributed by atoms with E-state index in [1.165, 1.54) is 0 Å². The van der Waals surface area contributed by atoms with Crippen molar-refractivity contribution in [2.75, 3.05) is 47.5 Å². The molecule has 330 valence electrons. The van der Waals surface area contributed by atoms with Crippen LogP contribution in [0, 0.1) is 11.8 Å². The molecule has 1 rings (SSSR count). The minimum Gasteiger partial charge on any atom is -0.756 e. The average molecular weight is 834 g/mol. The van der Waals surface area contributed by atoms with Crippen molar-refractivity contribution in [2.24, 2.45) is 11.8 Å². The highest BCUT2D eigenvalue weighted by Crippen LogP contribution is 2.38. The molecule has 0 amide bonds. The highest BCUT2D eigenvalue weighted by atomic mass is 31.2. The summed E-state index contributed by atoms with van der Waals surface area (Å²) in [4.78, 5) is 50.1. The van der Waals surface area contributed by atoms with Gasteiger partial charge in [-0.15, -0.1) is 0 Å². The maximum absolute atomic E-state index is 12.8. The van der Waals surface area contributed by atoms with E-state index in [1.54, 1.807) is 12.2 Å². The van der Waals surface area contributed by atoms with Gasteiger partial charge in [0.05, 0.1) is 33.9 Å². The first-order valence-electron chi connectivity index (χ1n) is 21.7. The molecule has 0 aliphatic heterocycles. The number of quaternary nitrogens is 1. The number of phosphoric acid groups is 1. The molecule has 11 nitrogen and oxygen atoms in total. The third-order valence-electron chi connectivity index (χ3n) is 9.46. The quantitative estimate of drug-likeness (QED) is 0.0215. The van der Waals surface area contributed by atoms with Gasteiger partial charge in [-0.05, 0) is 76.2 Å². The fraction of sp³-hybridized carbons (Fsp3) is 0.674. The standard InChI is InChI=1S/C46H76NO10P/c1-6-8-10-11-12-13-14-15-16-17-18-19-20-21-26-30-45(50)54-38-42(39-56-58(52,53)55-37-36-47(3,4)5)57-46(51)31-27-23-22-25-28-40-32-35-44(49)43(40)34-33-41(48)29-24-9-7-2/h8,10,12-13,15-16,22,25,32-35,40-43,48H,6-7,9,11,14,17-21,23-24,26-31,36-39H2,1-5H3/b10-8-,13-12-,16-15-,25-22-,34-33+/t40-,41-,42+,43+/m0/s1. The molecule has 1 unspecified atom stereocenters. The molecule has 0 aromatic rings. The van der Waals surface area contributed by atoms with Crippen LogP contribution in [-0.4, -0.2) is 87.0 Å². The molecule has 1 N–H and O–H groups in total. The van der Waals surface area contributed by atoms with Crippen LogP contribution >= 0.6 is 7.82 Å². The van der Waals surface area contributed by atoms with Gasteiger partial charge in [0.1, 0.15) is 19.8 Å². The average Bonchev–Trinajstić information content (AvgIpc) is 3.52. The maximum Gasteiger partial charge on any atom is 0.306 e. The zero-order chi connectivity index (χ0) is 42.9. The number of allylic oxidation sites excluding steroid dienone is 11. The summed E-state index contributed by atoms with van der Waals surface area (Å²) in [6, 6.07) is 0. The molecule has 0 bridgehead atoms. The zero-order valence-electron chi connectivity index (χ0n) is 36.3. The van der Waals surface area contributed by atoms with Gasteiger partial charge in [-0.2, -0.15) is 0 Å². The molecule has 0 saturated heterocycles. The highest BCUT2D eigenvalue weighted by Gasteiger charge is 2.27. The molecule has 1 aliphatic carbocycles. The molecule has 0 heterocycles. The van der Waals surface area contributed by atoms with E-state index in [2.05, 4.69) is 50.3 Å². The lowest BCUT2D eigenvalue weighted by atomic mass is 9.90. The van der Waals surface area contributed by atoms with Crippen molar-refractivity contribution >= 4 is 25.5 Å². The number of hydrogen-bond donors (Lipinski definition) is 1. The molecular formula is C46H76NO10P. The lowest BCUT2D eigenvalue weighted by molar-refractivity contribution is -0.870. The fourth-order valence-electron chi connectivity index (χ4n) is 5.95. The Morgan fingerprint density at radius 1 is 0.828 bits per heavy atom. The zero-order valence-corrected chi connectivity index (χ0v) is 37.2. The van der Waals surface area contributed by atoms with Gasteiger partial charge in [-0.25, -0.2) is 0 Å². The number of carbonyl (C=O) groups is 3. The van der Waals surface area contributed by atoms with Crippen molar-refractivity contribution in [1.82, 2.24) is 0 Å². The third kappa shape index (κ3) is 30.2. The van der Waals surface area contributed by atoms with E-state index < -0.39 is 38.6 Å². The second-order valence-electron chi connectivity index (χ2n) is 16.0. The Labute approximate surface area is 350 Å². The van der Waals surface area contributed by atoms with Gasteiger partial charge < -0.3 is 33.0 Å². The van der Waals surface area contributed by atoms with Crippen molar-refractivity contribution in [3.63, 3.8) is 0 Å². The molecular weight excluding hydrogens is 757 g/mol. The van der Waals surface area contributed by atoms with Crippen LogP contribution in [0.3, 0.4) is 0 Å². The number of ketones is 1. The molecule has 0 aromatic heterocycles. The Bertz CT molecular complexity index is 1360. The highest BCUT2D eigenvalue weighted by molar-refractivity contribution is 7.45. The van der Waals surface area contributed by atoms with E-state index in [1.807, 2.05) is 45.4 Å². The van der Waals surface area contributed by atoms with Gasteiger partial charge in [0.25, 0.3) is 7.82 Å². The van der Waals surface area contributed by atoms with Crippen molar-refractivity contribution < 1.29 is 52.0 Å². The minimum atomic E-state index is -4.69. The van der Waals surface area contributed by atoms with E-state index in [4.69, 9.17) is 18.5 Å². The summed E-state index contributed by atoms with van der Waals surface area (Å²) in [7, 11) is 1.02. The lowest BCUT2D eigenvalue weighted by Crippen LogP contribution is -2.37. The molecule has 5 atom stereocenters. The Hall–Kier alpha value is -2.92. The van der Waals surface area contributed by atoms with Gasteiger partial charge in [0.15, 0.2) is 11.9 Å². The number of rotatable bonds is 35. The molecule has 12 heteroatoms. The van der Waals surface area contributed by atoms with Gasteiger partial charge in [0, 0.05) is 18.8 Å². The Morgan fingerprint density at radius 2 is 1.48 bits per heavy atom. The largest absolute Gasteiger partial charge is 0.756 e. The minimum absolute atomic E-state index is 0.0124. The van der Waals surface area contributed by atoms with Crippen LogP contribution in [0.25, 0.3) is 0 Å².